The van der Waals surface area contributed by atoms with Crippen LogP contribution in [-0.2, 0) is 7.05 Å². The highest BCUT2D eigenvalue weighted by atomic mass is 35.5. The third-order valence-corrected chi connectivity index (χ3v) is 8.28. The second-order valence-electron chi connectivity index (χ2n) is 11.1. The van der Waals surface area contributed by atoms with Crippen LogP contribution in [0.1, 0.15) is 36.8 Å². The molecule has 1 atom stereocenters. The standard InChI is InChI=1S/C32H35ClN6O5/c1-19-13-20(2)15-21(14-19)28-29(44-12-9-22-7-5-6-11-39(22)32(42)43)23-16-26(24(33)17-25(23)37(3)30(28)40)38(4)31(41)36-27-8-10-34-18-35-27/h8,10,13-18,22H,5-7,9,11-12H2,1-4H3,(H,42,43)(H,34,35,36,41)/t22-/m0/s1. The number of aryl methyl sites for hydroxylation is 3. The van der Waals surface area contributed by atoms with Crippen molar-refractivity contribution in [3.05, 3.63) is 75.4 Å². The maximum Gasteiger partial charge on any atom is 0.407 e. The molecule has 0 aliphatic carbocycles. The van der Waals surface area contributed by atoms with E-state index in [2.05, 4.69) is 15.3 Å². The molecule has 1 aliphatic heterocycles. The number of pyridine rings is 1. The zero-order valence-corrected chi connectivity index (χ0v) is 25.9. The Hall–Kier alpha value is -4.64. The Kier molecular flexibility index (Phi) is 9.05. The summed E-state index contributed by atoms with van der Waals surface area (Å²) in [5.74, 6) is 0.684. The molecule has 0 saturated carbocycles. The molecule has 0 bridgehead atoms. The molecule has 1 fully saturated rings. The van der Waals surface area contributed by atoms with E-state index in [4.69, 9.17) is 16.3 Å². The fourth-order valence-electron chi connectivity index (χ4n) is 5.82. The van der Waals surface area contributed by atoms with E-state index in [-0.39, 0.29) is 23.2 Å². The van der Waals surface area contributed by atoms with Crippen LogP contribution in [0.4, 0.5) is 21.1 Å². The molecule has 12 heteroatoms. The van der Waals surface area contributed by atoms with Gasteiger partial charge in [0.1, 0.15) is 17.9 Å². The Morgan fingerprint density at radius 3 is 2.59 bits per heavy atom. The van der Waals surface area contributed by atoms with Gasteiger partial charge in [0.15, 0.2) is 0 Å². The summed E-state index contributed by atoms with van der Waals surface area (Å²) < 4.78 is 8.00. The lowest BCUT2D eigenvalue weighted by atomic mass is 9.98. The number of rotatable bonds is 7. The van der Waals surface area contributed by atoms with E-state index in [0.717, 1.165) is 30.4 Å². The van der Waals surface area contributed by atoms with E-state index in [9.17, 15) is 19.5 Å². The second kappa shape index (κ2) is 12.9. The molecule has 2 N–H and O–H groups in total. The summed E-state index contributed by atoms with van der Waals surface area (Å²) in [7, 11) is 3.26. The van der Waals surface area contributed by atoms with Crippen molar-refractivity contribution in [1.29, 1.82) is 0 Å². The van der Waals surface area contributed by atoms with Crippen molar-refractivity contribution in [3.8, 4) is 16.9 Å². The molecule has 0 unspecified atom stereocenters. The molecule has 44 heavy (non-hydrogen) atoms. The summed E-state index contributed by atoms with van der Waals surface area (Å²) in [4.78, 5) is 49.7. The number of halogens is 1. The first-order chi connectivity index (χ1) is 21.0. The first-order valence-electron chi connectivity index (χ1n) is 14.4. The number of urea groups is 1. The van der Waals surface area contributed by atoms with Gasteiger partial charge in [-0.05, 0) is 56.9 Å². The number of nitrogens with one attached hydrogen (secondary N) is 1. The number of likely N-dealkylation sites (tertiary alicyclic amines) is 1. The van der Waals surface area contributed by atoms with Crippen LogP contribution in [0.3, 0.4) is 0 Å². The van der Waals surface area contributed by atoms with Gasteiger partial charge in [-0.25, -0.2) is 19.6 Å². The molecule has 2 aromatic heterocycles. The van der Waals surface area contributed by atoms with Gasteiger partial charge in [0.2, 0.25) is 0 Å². The Balaban J connectivity index is 1.61. The van der Waals surface area contributed by atoms with Gasteiger partial charge in [0, 0.05) is 44.7 Å². The molecular weight excluding hydrogens is 584 g/mol. The molecular formula is C32H35ClN6O5. The minimum absolute atomic E-state index is 0.176. The zero-order valence-electron chi connectivity index (χ0n) is 25.1. The Bertz CT molecular complexity index is 1760. The molecule has 3 amide bonds. The summed E-state index contributed by atoms with van der Waals surface area (Å²) in [6.45, 7) is 4.62. The lowest BCUT2D eigenvalue weighted by Crippen LogP contribution is -2.43. The fourth-order valence-corrected chi connectivity index (χ4v) is 6.10. The number of benzene rings is 2. The number of hydrogen-bond donors (Lipinski definition) is 2. The summed E-state index contributed by atoms with van der Waals surface area (Å²) in [5, 5.41) is 13.3. The number of aromatic nitrogens is 3. The molecule has 0 spiro atoms. The molecule has 5 rings (SSSR count). The van der Waals surface area contributed by atoms with Gasteiger partial charge >= 0.3 is 12.1 Å². The number of anilines is 2. The number of nitrogens with zero attached hydrogens (tertiary/aromatic N) is 5. The number of ether oxygens (including phenoxy) is 1. The van der Waals surface area contributed by atoms with Crippen LogP contribution in [0.5, 0.6) is 5.75 Å². The summed E-state index contributed by atoms with van der Waals surface area (Å²) >= 11 is 6.71. The average molecular weight is 619 g/mol. The minimum atomic E-state index is -0.938. The van der Waals surface area contributed by atoms with Crippen LogP contribution in [0, 0.1) is 13.8 Å². The van der Waals surface area contributed by atoms with Crippen LogP contribution < -0.4 is 20.5 Å². The van der Waals surface area contributed by atoms with E-state index >= 15 is 0 Å². The van der Waals surface area contributed by atoms with Crippen LogP contribution in [-0.4, -0.2) is 62.9 Å². The Morgan fingerprint density at radius 1 is 1.16 bits per heavy atom. The monoisotopic (exact) mass is 618 g/mol. The van der Waals surface area contributed by atoms with Crippen molar-refractivity contribution in [1.82, 2.24) is 19.4 Å². The van der Waals surface area contributed by atoms with Crippen molar-refractivity contribution >= 4 is 46.1 Å². The molecule has 1 saturated heterocycles. The molecule has 2 aromatic carbocycles. The van der Waals surface area contributed by atoms with E-state index in [1.807, 2.05) is 32.0 Å². The molecule has 3 heterocycles. The Morgan fingerprint density at radius 2 is 1.91 bits per heavy atom. The third kappa shape index (κ3) is 6.33. The number of amides is 3. The van der Waals surface area contributed by atoms with Gasteiger partial charge in [-0.15, -0.1) is 0 Å². The van der Waals surface area contributed by atoms with Crippen LogP contribution >= 0.6 is 11.6 Å². The highest BCUT2D eigenvalue weighted by Crippen LogP contribution is 2.40. The minimum Gasteiger partial charge on any atom is -0.492 e. The maximum atomic E-state index is 13.9. The topological polar surface area (TPSA) is 130 Å². The first-order valence-corrected chi connectivity index (χ1v) is 14.8. The molecule has 11 nitrogen and oxygen atoms in total. The van der Waals surface area contributed by atoms with Gasteiger partial charge in [-0.2, -0.15) is 0 Å². The smallest absolute Gasteiger partial charge is 0.407 e. The quantitative estimate of drug-likeness (QED) is 0.251. The van der Waals surface area contributed by atoms with Crippen molar-refractivity contribution in [3.63, 3.8) is 0 Å². The average Bonchev–Trinajstić information content (AvgIpc) is 2.99. The Labute approximate surface area is 260 Å². The van der Waals surface area contributed by atoms with E-state index in [1.165, 1.54) is 26.9 Å². The van der Waals surface area contributed by atoms with Gasteiger partial charge in [0.25, 0.3) is 5.56 Å². The summed E-state index contributed by atoms with van der Waals surface area (Å²) in [6.07, 6.45) is 4.92. The molecule has 0 radical (unpaired) electrons. The predicted molar refractivity (Wildman–Crippen MR) is 171 cm³/mol. The highest BCUT2D eigenvalue weighted by Gasteiger charge is 2.27. The number of carbonyl (C=O) groups excluding carboxylic acids is 1. The normalized spacial score (nSPS) is 14.8. The van der Waals surface area contributed by atoms with E-state index < -0.39 is 12.1 Å². The van der Waals surface area contributed by atoms with Gasteiger partial charge in [-0.1, -0.05) is 40.9 Å². The van der Waals surface area contributed by atoms with Gasteiger partial charge in [0.05, 0.1) is 28.4 Å². The largest absolute Gasteiger partial charge is 0.492 e. The number of fused-ring (bicyclic) bond motifs is 1. The van der Waals surface area contributed by atoms with Gasteiger partial charge < -0.3 is 19.3 Å². The first kappa shape index (κ1) is 30.8. The number of carbonyl (C=O) groups is 2. The fraction of sp³-hybridized carbons (Fsp3) is 0.344. The predicted octanol–water partition coefficient (Wildman–Crippen LogP) is 6.24. The summed E-state index contributed by atoms with van der Waals surface area (Å²) in [6, 6.07) is 10.2. The summed E-state index contributed by atoms with van der Waals surface area (Å²) in [5.41, 5.74) is 3.73. The van der Waals surface area contributed by atoms with Crippen molar-refractivity contribution in [2.45, 2.75) is 45.6 Å². The lowest BCUT2D eigenvalue weighted by molar-refractivity contribution is 0.0969. The lowest BCUT2D eigenvalue weighted by Gasteiger charge is -2.33. The van der Waals surface area contributed by atoms with Crippen LogP contribution in [0.15, 0.2) is 53.7 Å². The highest BCUT2D eigenvalue weighted by molar-refractivity contribution is 6.35. The number of piperidine rings is 1. The maximum absolute atomic E-state index is 13.9. The third-order valence-electron chi connectivity index (χ3n) is 7.98. The second-order valence-corrected chi connectivity index (χ2v) is 11.5. The van der Waals surface area contributed by atoms with Crippen molar-refractivity contribution < 1.29 is 19.4 Å². The van der Waals surface area contributed by atoms with Gasteiger partial charge in [-0.3, -0.25) is 15.0 Å². The van der Waals surface area contributed by atoms with Crippen molar-refractivity contribution in [2.75, 3.05) is 30.4 Å². The number of hydrogen-bond acceptors (Lipinski definition) is 6. The zero-order chi connectivity index (χ0) is 31.5. The number of carboxylic acid groups (broad SMARTS) is 1. The van der Waals surface area contributed by atoms with Crippen LogP contribution in [0.25, 0.3) is 22.0 Å². The molecule has 4 aromatic rings. The molecule has 230 valence electrons. The van der Waals surface area contributed by atoms with Crippen LogP contribution in [0.2, 0.25) is 5.02 Å². The van der Waals surface area contributed by atoms with E-state index in [0.29, 0.717) is 52.3 Å². The molecule has 1 aliphatic rings. The van der Waals surface area contributed by atoms with E-state index in [1.54, 1.807) is 32.3 Å². The SMILES string of the molecule is Cc1cc(C)cc(-c2c(OCC[C@@H]3CCCCN3C(=O)O)c3cc(N(C)C(=O)Nc4ccncn4)c(Cl)cc3n(C)c2=O)c1. The van der Waals surface area contributed by atoms with Crippen molar-refractivity contribution in [2.24, 2.45) is 7.05 Å².